The second-order valence-corrected chi connectivity index (χ2v) is 6.34. The van der Waals surface area contributed by atoms with Crippen molar-refractivity contribution in [2.75, 3.05) is 24.5 Å². The number of hydrogen-bond acceptors (Lipinski definition) is 5. The Morgan fingerprint density at radius 1 is 1.35 bits per heavy atom. The number of fused-ring (bicyclic) bond motifs is 1. The van der Waals surface area contributed by atoms with Crippen LogP contribution in [0.15, 0.2) is 34.9 Å². The van der Waals surface area contributed by atoms with Gasteiger partial charge in [-0.1, -0.05) is 17.3 Å². The maximum absolute atomic E-state index is 13.8. The molecule has 1 aromatic carbocycles. The highest BCUT2D eigenvalue weighted by atomic mass is 19.3. The van der Waals surface area contributed by atoms with Gasteiger partial charge in [0.2, 0.25) is 5.91 Å². The van der Waals surface area contributed by atoms with Gasteiger partial charge >= 0.3 is 12.0 Å². The van der Waals surface area contributed by atoms with Gasteiger partial charge in [-0.25, -0.2) is 0 Å². The molecular formula is C17H15F2N3O4. The number of carbonyl (C=O) groups is 2. The third-order valence-corrected chi connectivity index (χ3v) is 4.48. The molecule has 136 valence electrons. The number of alkyl halides is 2. The first-order valence-corrected chi connectivity index (χ1v) is 8.04. The van der Waals surface area contributed by atoms with E-state index in [1.807, 2.05) is 0 Å². The van der Waals surface area contributed by atoms with Crippen molar-refractivity contribution in [2.45, 2.75) is 19.0 Å². The van der Waals surface area contributed by atoms with E-state index < -0.39 is 24.5 Å². The summed E-state index contributed by atoms with van der Waals surface area (Å²) in [6.45, 7) is 2.11. The Labute approximate surface area is 147 Å². The van der Waals surface area contributed by atoms with Crippen molar-refractivity contribution in [2.24, 2.45) is 0 Å². The number of amides is 2. The Morgan fingerprint density at radius 3 is 2.77 bits per heavy atom. The number of aryl methyl sites for hydroxylation is 1. The quantitative estimate of drug-likeness (QED) is 0.833. The molecule has 2 amide bonds. The lowest BCUT2D eigenvalue weighted by atomic mass is 9.96. The highest BCUT2D eigenvalue weighted by Crippen LogP contribution is 2.39. The van der Waals surface area contributed by atoms with Gasteiger partial charge in [0.1, 0.15) is 12.3 Å². The molecule has 0 aliphatic carbocycles. The summed E-state index contributed by atoms with van der Waals surface area (Å²) in [6.07, 6.45) is -4.00. The fraction of sp³-hybridized carbons (Fsp3) is 0.353. The summed E-state index contributed by atoms with van der Waals surface area (Å²) in [6, 6.07) is 7.70. The lowest BCUT2D eigenvalue weighted by Crippen LogP contribution is -2.56. The first-order valence-electron chi connectivity index (χ1n) is 8.04. The average molecular weight is 363 g/mol. The molecule has 1 fully saturated rings. The van der Waals surface area contributed by atoms with Gasteiger partial charge in [-0.2, -0.15) is 8.78 Å². The van der Waals surface area contributed by atoms with Crippen LogP contribution in [0, 0.1) is 6.92 Å². The Kier molecular flexibility index (Phi) is 3.67. The number of carbonyl (C=O) groups excluding carboxylic acids is 2. The van der Waals surface area contributed by atoms with Gasteiger partial charge in [-0.05, 0) is 19.1 Å². The van der Waals surface area contributed by atoms with Gasteiger partial charge in [0, 0.05) is 25.1 Å². The predicted octanol–water partition coefficient (Wildman–Crippen LogP) is 1.93. The minimum atomic E-state index is -4.00. The van der Waals surface area contributed by atoms with Crippen LogP contribution in [0.3, 0.4) is 0 Å². The minimum absolute atomic E-state index is 0.0468. The molecule has 1 saturated heterocycles. The van der Waals surface area contributed by atoms with E-state index in [0.29, 0.717) is 18.8 Å². The second kappa shape index (κ2) is 5.79. The maximum Gasteiger partial charge on any atom is 0.482 e. The van der Waals surface area contributed by atoms with E-state index in [1.54, 1.807) is 19.1 Å². The van der Waals surface area contributed by atoms with Gasteiger partial charge in [0.25, 0.3) is 0 Å². The number of halogens is 2. The van der Waals surface area contributed by atoms with Gasteiger partial charge in [0.15, 0.2) is 5.75 Å². The number of nitrogens with zero attached hydrogens (tertiary/aromatic N) is 3. The first-order chi connectivity index (χ1) is 12.3. The fourth-order valence-electron chi connectivity index (χ4n) is 3.05. The summed E-state index contributed by atoms with van der Waals surface area (Å²) < 4.78 is 37.1. The zero-order valence-corrected chi connectivity index (χ0v) is 13.8. The van der Waals surface area contributed by atoms with Crippen LogP contribution >= 0.6 is 0 Å². The number of aromatic nitrogens is 1. The number of hydrogen-bond donors (Lipinski definition) is 0. The third kappa shape index (κ3) is 2.69. The van der Waals surface area contributed by atoms with Crippen LogP contribution in [0.25, 0.3) is 0 Å². The zero-order valence-electron chi connectivity index (χ0n) is 13.8. The molecule has 0 unspecified atom stereocenters. The van der Waals surface area contributed by atoms with Gasteiger partial charge in [-0.15, -0.1) is 0 Å². The molecule has 3 heterocycles. The molecule has 26 heavy (non-hydrogen) atoms. The van der Waals surface area contributed by atoms with Crippen molar-refractivity contribution in [3.05, 3.63) is 41.8 Å². The lowest BCUT2D eigenvalue weighted by Gasteiger charge is -2.40. The normalized spacial score (nSPS) is 19.0. The van der Waals surface area contributed by atoms with Crippen molar-refractivity contribution < 1.29 is 27.6 Å². The molecule has 1 aromatic heterocycles. The molecule has 0 N–H and O–H groups in total. The molecule has 2 aliphatic heterocycles. The number of anilines is 1. The van der Waals surface area contributed by atoms with Gasteiger partial charge in [-0.3, -0.25) is 14.5 Å². The molecule has 0 bridgehead atoms. The topological polar surface area (TPSA) is 75.9 Å². The van der Waals surface area contributed by atoms with Crippen molar-refractivity contribution >= 4 is 17.5 Å². The molecule has 0 saturated carbocycles. The average Bonchev–Trinajstić information content (AvgIpc) is 2.96. The summed E-state index contributed by atoms with van der Waals surface area (Å²) >= 11 is 0. The van der Waals surface area contributed by atoms with Crippen LogP contribution in [0.4, 0.5) is 14.5 Å². The second-order valence-electron chi connectivity index (χ2n) is 6.34. The van der Waals surface area contributed by atoms with E-state index in [9.17, 15) is 18.4 Å². The lowest BCUT2D eigenvalue weighted by molar-refractivity contribution is -0.193. The van der Waals surface area contributed by atoms with Crippen LogP contribution in [-0.4, -0.2) is 47.6 Å². The Balaban J connectivity index is 1.47. The Morgan fingerprint density at radius 2 is 2.08 bits per heavy atom. The Hall–Kier alpha value is -2.97. The number of likely N-dealkylation sites (tertiary alicyclic amines) is 1. The summed E-state index contributed by atoms with van der Waals surface area (Å²) in [5, 5.41) is 3.91. The molecule has 9 heteroatoms. The van der Waals surface area contributed by atoms with Crippen LogP contribution in [0.2, 0.25) is 0 Å². The van der Waals surface area contributed by atoms with E-state index in [0.717, 1.165) is 10.6 Å². The van der Waals surface area contributed by atoms with E-state index in [4.69, 9.17) is 4.52 Å². The molecule has 0 radical (unpaired) electrons. The summed E-state index contributed by atoms with van der Waals surface area (Å²) in [5.41, 5.74) is 0.909. The molecule has 0 atom stereocenters. The highest BCUT2D eigenvalue weighted by Gasteiger charge is 2.51. The number of benzene rings is 1. The maximum atomic E-state index is 13.8. The molecule has 0 spiro atoms. The van der Waals surface area contributed by atoms with Crippen LogP contribution < -0.4 is 9.64 Å². The smallest absolute Gasteiger partial charge is 0.423 e. The standard InChI is InChI=1S/C17H15F2N3O4/c1-10-6-12(20-26-10)11-7-21(8-11)15(23)9-22-13-4-2-3-5-14(13)25-17(18,19)16(22)24/h2-6,11H,7-9H2,1H3. The Bertz CT molecular complexity index is 876. The largest absolute Gasteiger partial charge is 0.482 e. The van der Waals surface area contributed by atoms with Crippen LogP contribution in [-0.2, 0) is 9.59 Å². The fourth-order valence-corrected chi connectivity index (χ4v) is 3.05. The SMILES string of the molecule is Cc1cc(C2CN(C(=O)CN3C(=O)C(F)(F)Oc4ccccc43)C2)no1. The molecule has 7 nitrogen and oxygen atoms in total. The minimum Gasteiger partial charge on any atom is -0.423 e. The zero-order chi connectivity index (χ0) is 18.5. The van der Waals surface area contributed by atoms with E-state index in [-0.39, 0.29) is 17.4 Å². The van der Waals surface area contributed by atoms with Crippen molar-refractivity contribution in [3.63, 3.8) is 0 Å². The number of ether oxygens (including phenoxy) is 1. The molecule has 4 rings (SSSR count). The summed E-state index contributed by atoms with van der Waals surface area (Å²) in [4.78, 5) is 26.7. The first kappa shape index (κ1) is 16.5. The molecule has 2 aliphatic rings. The van der Waals surface area contributed by atoms with E-state index >= 15 is 0 Å². The van der Waals surface area contributed by atoms with Crippen molar-refractivity contribution in [1.29, 1.82) is 0 Å². The van der Waals surface area contributed by atoms with Crippen LogP contribution in [0.5, 0.6) is 5.75 Å². The van der Waals surface area contributed by atoms with E-state index in [1.165, 1.54) is 23.1 Å². The molecule has 2 aromatic rings. The third-order valence-electron chi connectivity index (χ3n) is 4.48. The number of rotatable bonds is 3. The van der Waals surface area contributed by atoms with E-state index in [2.05, 4.69) is 9.89 Å². The van der Waals surface area contributed by atoms with Crippen LogP contribution in [0.1, 0.15) is 17.4 Å². The molecular weight excluding hydrogens is 348 g/mol. The van der Waals surface area contributed by atoms with Crippen molar-refractivity contribution in [1.82, 2.24) is 10.1 Å². The predicted molar refractivity (Wildman–Crippen MR) is 84.9 cm³/mol. The number of para-hydroxylation sites is 2. The summed E-state index contributed by atoms with van der Waals surface area (Å²) in [5.74, 6) is -1.37. The van der Waals surface area contributed by atoms with Gasteiger partial charge in [0.05, 0.1) is 11.4 Å². The van der Waals surface area contributed by atoms with Crippen molar-refractivity contribution in [3.8, 4) is 5.75 Å². The summed E-state index contributed by atoms with van der Waals surface area (Å²) in [7, 11) is 0. The van der Waals surface area contributed by atoms with Gasteiger partial charge < -0.3 is 14.2 Å². The monoisotopic (exact) mass is 363 g/mol. The highest BCUT2D eigenvalue weighted by molar-refractivity contribution is 6.04.